The molecule has 0 fully saturated rings. The summed E-state index contributed by atoms with van der Waals surface area (Å²) in [6.45, 7) is 0. The number of nitrogens with zero attached hydrogens (tertiary/aromatic N) is 1. The van der Waals surface area contributed by atoms with Crippen LogP contribution in [-0.4, -0.2) is 5.33 Å². The Kier molecular flexibility index (Phi) is 4.25. The molecule has 0 amide bonds. The van der Waals surface area contributed by atoms with E-state index in [4.69, 9.17) is 4.99 Å². The second-order valence-electron chi connectivity index (χ2n) is 6.06. The van der Waals surface area contributed by atoms with Crippen molar-refractivity contribution in [3.05, 3.63) is 69.3 Å². The van der Waals surface area contributed by atoms with Crippen LogP contribution >= 0.6 is 31.9 Å². The van der Waals surface area contributed by atoms with E-state index >= 15 is 0 Å². The van der Waals surface area contributed by atoms with Gasteiger partial charge in [0.15, 0.2) is 0 Å². The number of alkyl halides is 1. The van der Waals surface area contributed by atoms with Gasteiger partial charge in [-0.25, -0.2) is 4.99 Å². The summed E-state index contributed by atoms with van der Waals surface area (Å²) >= 11 is 7.23. The lowest BCUT2D eigenvalue weighted by Gasteiger charge is -2.20. The average Bonchev–Trinajstić information content (AvgIpc) is 2.98. The summed E-state index contributed by atoms with van der Waals surface area (Å²) in [5.41, 5.74) is 2.53. The molecule has 2 aliphatic rings. The molecule has 1 atom stereocenters. The number of unbranched alkanes of at least 4 members (excludes halogenated alkanes) is 1. The molecule has 1 aliphatic carbocycles. The summed E-state index contributed by atoms with van der Waals surface area (Å²) in [6.07, 6.45) is 8.15. The largest absolute Gasteiger partial charge is 0.246 e. The van der Waals surface area contributed by atoms with Gasteiger partial charge >= 0.3 is 0 Å². The Morgan fingerprint density at radius 3 is 2.78 bits per heavy atom. The fraction of sp³-hybridized carbons (Fsp3) is 0.250. The third-order valence-corrected chi connectivity index (χ3v) is 5.84. The molecule has 1 heterocycles. The molecule has 0 saturated carbocycles. The summed E-state index contributed by atoms with van der Waals surface area (Å²) < 4.78 is 1.10. The van der Waals surface area contributed by atoms with Crippen LogP contribution in [0.4, 0.5) is 0 Å². The van der Waals surface area contributed by atoms with E-state index in [2.05, 4.69) is 80.4 Å². The highest BCUT2D eigenvalue weighted by molar-refractivity contribution is 9.12. The van der Waals surface area contributed by atoms with Crippen molar-refractivity contribution in [2.75, 3.05) is 5.33 Å². The highest BCUT2D eigenvalue weighted by Crippen LogP contribution is 2.37. The zero-order chi connectivity index (χ0) is 15.8. The molecule has 1 unspecified atom stereocenters. The Morgan fingerprint density at radius 2 is 1.91 bits per heavy atom. The first-order valence-corrected chi connectivity index (χ1v) is 9.96. The summed E-state index contributed by atoms with van der Waals surface area (Å²) in [7, 11) is 0. The molecular formula is C20H17Br2N. The zero-order valence-corrected chi connectivity index (χ0v) is 15.9. The van der Waals surface area contributed by atoms with Gasteiger partial charge in [0.05, 0.1) is 11.1 Å². The van der Waals surface area contributed by atoms with E-state index in [0.29, 0.717) is 5.92 Å². The minimum Gasteiger partial charge on any atom is -0.246 e. The van der Waals surface area contributed by atoms with Crippen molar-refractivity contribution in [1.82, 2.24) is 0 Å². The maximum atomic E-state index is 5.00. The van der Waals surface area contributed by atoms with E-state index < -0.39 is 0 Å². The number of halogens is 2. The van der Waals surface area contributed by atoms with Gasteiger partial charge in [-0.05, 0) is 45.8 Å². The summed E-state index contributed by atoms with van der Waals surface area (Å²) in [5.74, 6) is 0.469. The number of hydrogen-bond donors (Lipinski definition) is 0. The quantitative estimate of drug-likeness (QED) is 0.479. The highest BCUT2D eigenvalue weighted by atomic mass is 79.9. The van der Waals surface area contributed by atoms with Gasteiger partial charge in [-0.2, -0.15) is 0 Å². The molecule has 2 aromatic rings. The van der Waals surface area contributed by atoms with Crippen LogP contribution in [-0.2, 0) is 0 Å². The molecule has 0 bridgehead atoms. The first kappa shape index (κ1) is 15.3. The van der Waals surface area contributed by atoms with Gasteiger partial charge in [-0.1, -0.05) is 64.8 Å². The first-order valence-electron chi connectivity index (χ1n) is 8.04. The lowest BCUT2D eigenvalue weighted by atomic mass is 9.87. The Morgan fingerprint density at radius 1 is 1.04 bits per heavy atom. The highest BCUT2D eigenvalue weighted by Gasteiger charge is 2.25. The van der Waals surface area contributed by atoms with Gasteiger partial charge in [-0.15, -0.1) is 0 Å². The lowest BCUT2D eigenvalue weighted by Crippen LogP contribution is -2.25. The third-order valence-electron chi connectivity index (χ3n) is 4.64. The van der Waals surface area contributed by atoms with Crippen molar-refractivity contribution in [3.63, 3.8) is 0 Å². The van der Waals surface area contributed by atoms with Crippen molar-refractivity contribution in [2.45, 2.75) is 19.3 Å². The minimum absolute atomic E-state index is 0.469. The van der Waals surface area contributed by atoms with Crippen LogP contribution in [0.3, 0.4) is 0 Å². The predicted molar refractivity (Wildman–Crippen MR) is 104 cm³/mol. The van der Waals surface area contributed by atoms with Gasteiger partial charge in [-0.3, -0.25) is 0 Å². The van der Waals surface area contributed by atoms with E-state index in [0.717, 1.165) is 20.9 Å². The minimum atomic E-state index is 0.469. The molecule has 3 heteroatoms. The Bertz CT molecular complexity index is 953. The van der Waals surface area contributed by atoms with Gasteiger partial charge in [0.1, 0.15) is 0 Å². The predicted octanol–water partition coefficient (Wildman–Crippen LogP) is 4.98. The van der Waals surface area contributed by atoms with Crippen LogP contribution in [0.15, 0.2) is 63.7 Å². The molecule has 23 heavy (non-hydrogen) atoms. The van der Waals surface area contributed by atoms with Crippen molar-refractivity contribution < 1.29 is 0 Å². The standard InChI is InChI=1S/C20H17Br2N/c21-12-4-3-6-14-9-11-17(22)20-18(14)16-10-8-13-5-1-2-7-15(13)19(16)23-20/h1-2,5,7-11,14H,3-4,6,12H2. The van der Waals surface area contributed by atoms with Gasteiger partial charge in [0, 0.05) is 26.3 Å². The van der Waals surface area contributed by atoms with Crippen LogP contribution in [0.2, 0.25) is 0 Å². The normalized spacial score (nSPS) is 19.0. The fourth-order valence-electron chi connectivity index (χ4n) is 3.53. The van der Waals surface area contributed by atoms with Crippen molar-refractivity contribution in [1.29, 1.82) is 0 Å². The molecule has 0 radical (unpaired) electrons. The molecule has 0 N–H and O–H groups in total. The Labute approximate surface area is 152 Å². The molecule has 4 rings (SSSR count). The van der Waals surface area contributed by atoms with Crippen molar-refractivity contribution in [2.24, 2.45) is 10.9 Å². The van der Waals surface area contributed by atoms with E-state index in [1.807, 2.05) is 0 Å². The van der Waals surface area contributed by atoms with Gasteiger partial charge < -0.3 is 0 Å². The fourth-order valence-corrected chi connectivity index (χ4v) is 4.38. The van der Waals surface area contributed by atoms with Crippen LogP contribution in [0.25, 0.3) is 16.3 Å². The Hall–Kier alpha value is -1.19. The molecule has 116 valence electrons. The number of fused-ring (bicyclic) bond motifs is 4. The maximum Gasteiger partial charge on any atom is 0.0824 e. The molecule has 0 saturated heterocycles. The number of benzene rings is 2. The van der Waals surface area contributed by atoms with E-state index in [9.17, 15) is 0 Å². The molecule has 1 aliphatic heterocycles. The summed E-state index contributed by atoms with van der Waals surface area (Å²) in [6, 6.07) is 13.0. The topological polar surface area (TPSA) is 12.4 Å². The van der Waals surface area contributed by atoms with Crippen LogP contribution in [0.1, 0.15) is 19.3 Å². The SMILES string of the molecule is BrCCCCC1C=CC(Br)=C2N=c3c(ccc4ccccc34)=C21. The average molecular weight is 431 g/mol. The molecule has 0 spiro atoms. The molecular weight excluding hydrogens is 414 g/mol. The molecule has 0 aromatic heterocycles. The molecule has 1 nitrogen and oxygen atoms in total. The Balaban J connectivity index is 1.92. The van der Waals surface area contributed by atoms with E-state index in [1.54, 1.807) is 0 Å². The van der Waals surface area contributed by atoms with Gasteiger partial charge in [0.25, 0.3) is 0 Å². The number of hydrogen-bond acceptors (Lipinski definition) is 1. The molecule has 2 aromatic carbocycles. The van der Waals surface area contributed by atoms with Crippen molar-refractivity contribution in [3.8, 4) is 0 Å². The third kappa shape index (κ3) is 2.64. The van der Waals surface area contributed by atoms with E-state index in [1.165, 1.54) is 40.8 Å². The van der Waals surface area contributed by atoms with E-state index in [-0.39, 0.29) is 0 Å². The van der Waals surface area contributed by atoms with Crippen LogP contribution in [0, 0.1) is 5.92 Å². The second-order valence-corrected chi connectivity index (χ2v) is 7.70. The maximum absolute atomic E-state index is 5.00. The number of allylic oxidation sites excluding steroid dienone is 4. The first-order chi connectivity index (χ1) is 11.3. The number of rotatable bonds is 4. The second kappa shape index (κ2) is 6.37. The van der Waals surface area contributed by atoms with Crippen LogP contribution in [0.5, 0.6) is 0 Å². The summed E-state index contributed by atoms with van der Waals surface area (Å²) in [5, 5.41) is 6.04. The summed E-state index contributed by atoms with van der Waals surface area (Å²) in [4.78, 5) is 5.00. The monoisotopic (exact) mass is 429 g/mol. The lowest BCUT2D eigenvalue weighted by molar-refractivity contribution is 0.653. The zero-order valence-electron chi connectivity index (χ0n) is 12.7. The van der Waals surface area contributed by atoms with Crippen molar-refractivity contribution >= 4 is 48.2 Å². The smallest absolute Gasteiger partial charge is 0.0824 e. The van der Waals surface area contributed by atoms with Crippen LogP contribution < -0.4 is 10.6 Å². The van der Waals surface area contributed by atoms with Gasteiger partial charge in [0.2, 0.25) is 0 Å².